The van der Waals surface area contributed by atoms with Gasteiger partial charge in [0.15, 0.2) is 0 Å². The fourth-order valence-electron chi connectivity index (χ4n) is 2.77. The van der Waals surface area contributed by atoms with E-state index in [4.69, 9.17) is 4.74 Å². The van der Waals surface area contributed by atoms with Crippen molar-refractivity contribution >= 4 is 16.8 Å². The van der Waals surface area contributed by atoms with E-state index in [1.165, 1.54) is 0 Å². The molecule has 3 rings (SSSR count). The van der Waals surface area contributed by atoms with Crippen LogP contribution in [0.3, 0.4) is 0 Å². The normalized spacial score (nSPS) is 10.7. The van der Waals surface area contributed by atoms with Crippen LogP contribution in [0, 0.1) is 0 Å². The molecule has 2 aromatic carbocycles. The first-order chi connectivity index (χ1) is 11.2. The molecular weight excluding hydrogens is 288 g/mol. The summed E-state index contributed by atoms with van der Waals surface area (Å²) in [4.78, 5) is 12.4. The topological polar surface area (TPSA) is 43.3 Å². The first kappa shape index (κ1) is 15.2. The molecule has 1 heterocycles. The van der Waals surface area contributed by atoms with Crippen molar-refractivity contribution in [3.8, 4) is 5.75 Å². The maximum Gasteiger partial charge on any atom is 0.253 e. The number of carbonyl (C=O) groups is 1. The number of hydrogen-bond donors (Lipinski definition) is 1. The van der Waals surface area contributed by atoms with Crippen LogP contribution < -0.4 is 10.1 Å². The second kappa shape index (κ2) is 6.57. The average Bonchev–Trinajstić information content (AvgIpc) is 2.92. The minimum atomic E-state index is -0.0373. The quantitative estimate of drug-likeness (QED) is 0.787. The lowest BCUT2D eigenvalue weighted by molar-refractivity contribution is 0.0955. The zero-order chi connectivity index (χ0) is 16.2. The number of amides is 1. The molecule has 23 heavy (non-hydrogen) atoms. The van der Waals surface area contributed by atoms with Gasteiger partial charge in [-0.3, -0.25) is 4.79 Å². The predicted octanol–water partition coefficient (Wildman–Crippen LogP) is 3.16. The standard InChI is InChI=1S/C19H20N2O2/c1-21-13-17(16-8-3-4-9-18(16)21)19(22)20-11-10-14-6-5-7-15(12-14)23-2/h3-9,12-13H,10-11H2,1-2H3,(H,20,22). The van der Waals surface area contributed by atoms with Crippen molar-refractivity contribution in [3.05, 3.63) is 65.9 Å². The maximum absolute atomic E-state index is 12.4. The van der Waals surface area contributed by atoms with E-state index < -0.39 is 0 Å². The highest BCUT2D eigenvalue weighted by molar-refractivity contribution is 6.06. The van der Waals surface area contributed by atoms with Gasteiger partial charge in [-0.2, -0.15) is 0 Å². The molecule has 3 aromatic rings. The summed E-state index contributed by atoms with van der Waals surface area (Å²) in [7, 11) is 3.61. The first-order valence-corrected chi connectivity index (χ1v) is 7.64. The Hall–Kier alpha value is -2.75. The Kier molecular flexibility index (Phi) is 4.33. The summed E-state index contributed by atoms with van der Waals surface area (Å²) in [5.41, 5.74) is 2.92. The Morgan fingerprint density at radius 3 is 2.83 bits per heavy atom. The van der Waals surface area contributed by atoms with Gasteiger partial charge < -0.3 is 14.6 Å². The van der Waals surface area contributed by atoms with E-state index in [1.807, 2.05) is 66.3 Å². The minimum Gasteiger partial charge on any atom is -0.497 e. The zero-order valence-electron chi connectivity index (χ0n) is 13.4. The monoisotopic (exact) mass is 308 g/mol. The molecular formula is C19H20N2O2. The number of rotatable bonds is 5. The molecule has 1 aromatic heterocycles. The number of aromatic nitrogens is 1. The molecule has 1 N–H and O–H groups in total. The molecule has 1 amide bonds. The van der Waals surface area contributed by atoms with Crippen molar-refractivity contribution in [1.82, 2.24) is 9.88 Å². The fourth-order valence-corrected chi connectivity index (χ4v) is 2.77. The van der Waals surface area contributed by atoms with E-state index in [0.29, 0.717) is 12.1 Å². The van der Waals surface area contributed by atoms with Gasteiger partial charge >= 0.3 is 0 Å². The lowest BCUT2D eigenvalue weighted by Crippen LogP contribution is -2.25. The molecule has 0 saturated carbocycles. The van der Waals surface area contributed by atoms with Crippen LogP contribution in [-0.2, 0) is 13.5 Å². The van der Waals surface area contributed by atoms with E-state index in [9.17, 15) is 4.79 Å². The van der Waals surface area contributed by atoms with Crippen molar-refractivity contribution in [2.75, 3.05) is 13.7 Å². The van der Waals surface area contributed by atoms with E-state index >= 15 is 0 Å². The van der Waals surface area contributed by atoms with Crippen molar-refractivity contribution in [2.24, 2.45) is 7.05 Å². The Morgan fingerprint density at radius 2 is 2.00 bits per heavy atom. The van der Waals surface area contributed by atoms with Gasteiger partial charge in [0, 0.05) is 30.7 Å². The molecule has 4 heteroatoms. The summed E-state index contributed by atoms with van der Waals surface area (Å²) >= 11 is 0. The van der Waals surface area contributed by atoms with Gasteiger partial charge in [0.2, 0.25) is 0 Å². The maximum atomic E-state index is 12.4. The van der Waals surface area contributed by atoms with E-state index in [1.54, 1.807) is 7.11 Å². The smallest absolute Gasteiger partial charge is 0.253 e. The minimum absolute atomic E-state index is 0.0373. The summed E-state index contributed by atoms with van der Waals surface area (Å²) in [6.45, 7) is 0.592. The summed E-state index contributed by atoms with van der Waals surface area (Å²) in [6, 6.07) is 15.8. The number of carbonyl (C=O) groups excluding carboxylic acids is 1. The molecule has 0 unspecified atom stereocenters. The van der Waals surface area contributed by atoms with Crippen LogP contribution in [0.2, 0.25) is 0 Å². The fraction of sp³-hybridized carbons (Fsp3) is 0.211. The van der Waals surface area contributed by atoms with Gasteiger partial charge in [0.1, 0.15) is 5.75 Å². The van der Waals surface area contributed by atoms with Crippen LogP contribution >= 0.6 is 0 Å². The van der Waals surface area contributed by atoms with Crippen LogP contribution in [0.5, 0.6) is 5.75 Å². The number of hydrogen-bond acceptors (Lipinski definition) is 2. The summed E-state index contributed by atoms with van der Waals surface area (Å²) in [5, 5.41) is 3.98. The number of nitrogens with one attached hydrogen (secondary N) is 1. The Labute approximate surface area is 135 Å². The molecule has 0 saturated heterocycles. The van der Waals surface area contributed by atoms with Crippen LogP contribution in [0.1, 0.15) is 15.9 Å². The van der Waals surface area contributed by atoms with Crippen LogP contribution in [-0.4, -0.2) is 24.1 Å². The molecule has 0 spiro atoms. The third-order valence-corrected chi connectivity index (χ3v) is 3.97. The van der Waals surface area contributed by atoms with E-state index in [-0.39, 0.29) is 5.91 Å². The number of benzene rings is 2. The molecule has 4 nitrogen and oxygen atoms in total. The Balaban J connectivity index is 1.67. The number of ether oxygens (including phenoxy) is 1. The van der Waals surface area contributed by atoms with Crippen molar-refractivity contribution in [2.45, 2.75) is 6.42 Å². The van der Waals surface area contributed by atoms with Gasteiger partial charge in [-0.25, -0.2) is 0 Å². The molecule has 0 fully saturated rings. The van der Waals surface area contributed by atoms with Gasteiger partial charge in [-0.15, -0.1) is 0 Å². The van der Waals surface area contributed by atoms with Gasteiger partial charge in [0.05, 0.1) is 12.7 Å². The van der Waals surface area contributed by atoms with Crippen molar-refractivity contribution < 1.29 is 9.53 Å². The third-order valence-electron chi connectivity index (χ3n) is 3.97. The van der Waals surface area contributed by atoms with Crippen LogP contribution in [0.15, 0.2) is 54.7 Å². The average molecular weight is 308 g/mol. The number of para-hydroxylation sites is 1. The third kappa shape index (κ3) is 3.21. The van der Waals surface area contributed by atoms with Crippen molar-refractivity contribution in [1.29, 1.82) is 0 Å². The molecule has 0 aliphatic carbocycles. The molecule has 0 atom stereocenters. The first-order valence-electron chi connectivity index (χ1n) is 7.64. The number of fused-ring (bicyclic) bond motifs is 1. The second-order valence-corrected chi connectivity index (χ2v) is 5.53. The Bertz CT molecular complexity index is 836. The van der Waals surface area contributed by atoms with E-state index in [2.05, 4.69) is 5.32 Å². The highest BCUT2D eigenvalue weighted by Gasteiger charge is 2.12. The van der Waals surface area contributed by atoms with Gasteiger partial charge in [-0.05, 0) is 30.2 Å². The number of methoxy groups -OCH3 is 1. The van der Waals surface area contributed by atoms with Gasteiger partial charge in [-0.1, -0.05) is 30.3 Å². The van der Waals surface area contributed by atoms with Crippen molar-refractivity contribution in [3.63, 3.8) is 0 Å². The van der Waals surface area contributed by atoms with Crippen LogP contribution in [0.4, 0.5) is 0 Å². The van der Waals surface area contributed by atoms with Crippen LogP contribution in [0.25, 0.3) is 10.9 Å². The zero-order valence-corrected chi connectivity index (χ0v) is 13.4. The molecule has 0 bridgehead atoms. The lowest BCUT2D eigenvalue weighted by atomic mass is 10.1. The summed E-state index contributed by atoms with van der Waals surface area (Å²) in [6.07, 6.45) is 2.65. The van der Waals surface area contributed by atoms with E-state index in [0.717, 1.165) is 28.6 Å². The number of aryl methyl sites for hydroxylation is 1. The van der Waals surface area contributed by atoms with Gasteiger partial charge in [0.25, 0.3) is 5.91 Å². The summed E-state index contributed by atoms with van der Waals surface area (Å²) < 4.78 is 7.19. The highest BCUT2D eigenvalue weighted by Crippen LogP contribution is 2.20. The lowest BCUT2D eigenvalue weighted by Gasteiger charge is -2.06. The molecule has 118 valence electrons. The molecule has 0 radical (unpaired) electrons. The number of nitrogens with zero attached hydrogens (tertiary/aromatic N) is 1. The largest absolute Gasteiger partial charge is 0.497 e. The molecule has 0 aliphatic rings. The highest BCUT2D eigenvalue weighted by atomic mass is 16.5. The molecule has 0 aliphatic heterocycles. The predicted molar refractivity (Wildman–Crippen MR) is 92.0 cm³/mol. The Morgan fingerprint density at radius 1 is 1.17 bits per heavy atom. The summed E-state index contributed by atoms with van der Waals surface area (Å²) in [5.74, 6) is 0.799. The second-order valence-electron chi connectivity index (χ2n) is 5.53. The SMILES string of the molecule is COc1cccc(CCNC(=O)c2cn(C)c3ccccc23)c1.